The number of ether oxygens (including phenoxy) is 1. The topological polar surface area (TPSA) is 157 Å². The highest BCUT2D eigenvalue weighted by Crippen LogP contribution is 2.49. The van der Waals surface area contributed by atoms with Crippen LogP contribution < -0.4 is 36.3 Å². The molecule has 0 saturated carbocycles. The maximum Gasteiger partial charge on any atom is 0.259 e. The summed E-state index contributed by atoms with van der Waals surface area (Å²) in [4.78, 5) is 61.7. The quantitative estimate of drug-likeness (QED) is 0.106. The molecule has 0 aliphatic carbocycles. The summed E-state index contributed by atoms with van der Waals surface area (Å²) < 4.78 is 31.3. The van der Waals surface area contributed by atoms with Crippen LogP contribution in [0.2, 0.25) is 0 Å². The van der Waals surface area contributed by atoms with Crippen molar-refractivity contribution < 1.29 is 27.9 Å². The number of likely N-dealkylation sites (tertiary alicyclic amines) is 1. The highest BCUT2D eigenvalue weighted by Gasteiger charge is 2.36. The van der Waals surface area contributed by atoms with Crippen molar-refractivity contribution >= 4 is 56.3 Å². The lowest BCUT2D eigenvalue weighted by atomic mass is 10.0. The molecule has 5 aromatic rings. The number of benzene rings is 3. The Morgan fingerprint density at radius 1 is 0.817 bits per heavy atom. The number of carbonyl (C=O) groups is 3. The molecule has 5 heterocycles. The van der Waals surface area contributed by atoms with Crippen LogP contribution in [0.3, 0.4) is 0 Å². The fourth-order valence-electron chi connectivity index (χ4n) is 8.53. The van der Waals surface area contributed by atoms with Crippen molar-refractivity contribution in [1.29, 1.82) is 0 Å². The van der Waals surface area contributed by atoms with Gasteiger partial charge in [-0.2, -0.15) is 0 Å². The number of carbonyl (C=O) groups excluding carboxylic acids is 3. The molecule has 0 bridgehead atoms. The molecule has 3 amide bonds. The number of furan rings is 1. The summed E-state index contributed by atoms with van der Waals surface area (Å²) in [6.45, 7) is 4.90. The standard InChI is InChI=1S/C44H54FN9O6/c1-50(2)15-8-7-13-46-22-38(55)49-28-12-17-53(25-28)44(58)32-26-54-34-21-36-30(29-9-5-6-10-35(29)59-36)20-37(34)60-43-40(54)31(42(32)57)19-33(45)41(43)52-16-11-27(24-52)48-39(56)23-47-14-18-51(3)4/h5-6,9-10,19-21,26-28,46-47H,7-8,11-18,22-25H2,1-4H3,(H,48,56)(H,49,55)/t27-,28-/m1/s1. The van der Waals surface area contributed by atoms with Crippen LogP contribution in [0.4, 0.5) is 10.1 Å². The van der Waals surface area contributed by atoms with Crippen molar-refractivity contribution in [2.75, 3.05) is 98.5 Å². The van der Waals surface area contributed by atoms with Crippen molar-refractivity contribution in [2.45, 2.75) is 37.8 Å². The number of aromatic nitrogens is 1. The number of rotatable bonds is 16. The minimum atomic E-state index is -0.670. The fourth-order valence-corrected chi connectivity index (χ4v) is 8.53. The molecule has 2 atom stereocenters. The van der Waals surface area contributed by atoms with E-state index in [9.17, 15) is 19.2 Å². The second-order valence-corrected chi connectivity index (χ2v) is 16.7. The number of nitrogens with zero attached hydrogens (tertiary/aromatic N) is 5. The molecule has 60 heavy (non-hydrogen) atoms. The molecule has 4 N–H and O–H groups in total. The Hall–Kier alpha value is -5.55. The first kappa shape index (κ1) is 41.2. The Morgan fingerprint density at radius 2 is 1.53 bits per heavy atom. The lowest BCUT2D eigenvalue weighted by Crippen LogP contribution is -2.43. The molecule has 16 heteroatoms. The molecule has 2 fully saturated rings. The van der Waals surface area contributed by atoms with Gasteiger partial charge in [0.05, 0.1) is 24.2 Å². The van der Waals surface area contributed by atoms with Gasteiger partial charge in [-0.1, -0.05) is 18.2 Å². The number of likely N-dealkylation sites (N-methyl/N-ethyl adjacent to an activating group) is 1. The maximum atomic E-state index is 16.7. The fraction of sp³-hybridized carbons (Fsp3) is 0.455. The van der Waals surface area contributed by atoms with E-state index in [1.165, 1.54) is 12.3 Å². The predicted molar refractivity (Wildman–Crippen MR) is 230 cm³/mol. The number of anilines is 1. The Labute approximate surface area is 347 Å². The first-order valence-corrected chi connectivity index (χ1v) is 20.8. The van der Waals surface area contributed by atoms with Crippen LogP contribution in [0.5, 0.6) is 11.5 Å². The molecule has 3 aromatic carbocycles. The molecule has 15 nitrogen and oxygen atoms in total. The van der Waals surface area contributed by atoms with Gasteiger partial charge in [0.1, 0.15) is 27.9 Å². The van der Waals surface area contributed by atoms with Crippen LogP contribution in [0.25, 0.3) is 38.5 Å². The van der Waals surface area contributed by atoms with Crippen molar-refractivity contribution in [3.05, 3.63) is 70.3 Å². The van der Waals surface area contributed by atoms with Gasteiger partial charge in [0, 0.05) is 74.4 Å². The smallest absolute Gasteiger partial charge is 0.259 e. The summed E-state index contributed by atoms with van der Waals surface area (Å²) in [6.07, 6.45) is 4.64. The van der Waals surface area contributed by atoms with Gasteiger partial charge in [-0.25, -0.2) is 4.39 Å². The predicted octanol–water partition coefficient (Wildman–Crippen LogP) is 3.24. The lowest BCUT2D eigenvalue weighted by molar-refractivity contribution is -0.121. The molecule has 2 saturated heterocycles. The summed E-state index contributed by atoms with van der Waals surface area (Å²) in [5.74, 6) is -0.896. The van der Waals surface area contributed by atoms with Crippen molar-refractivity contribution in [1.82, 2.24) is 40.5 Å². The van der Waals surface area contributed by atoms with E-state index in [0.717, 1.165) is 43.2 Å². The van der Waals surface area contributed by atoms with Crippen LogP contribution in [0.1, 0.15) is 36.0 Å². The largest absolute Gasteiger partial charge is 0.456 e. The van der Waals surface area contributed by atoms with E-state index in [0.29, 0.717) is 67.1 Å². The molecule has 3 aliphatic heterocycles. The molecule has 3 aliphatic rings. The zero-order chi connectivity index (χ0) is 42.1. The number of amides is 3. The molecule has 8 rings (SSSR count). The molecule has 0 radical (unpaired) electrons. The second-order valence-electron chi connectivity index (χ2n) is 16.7. The van der Waals surface area contributed by atoms with Crippen LogP contribution >= 0.6 is 0 Å². The third kappa shape index (κ3) is 8.55. The highest BCUT2D eigenvalue weighted by atomic mass is 19.1. The van der Waals surface area contributed by atoms with E-state index < -0.39 is 17.2 Å². The number of halogens is 1. The Morgan fingerprint density at radius 3 is 2.30 bits per heavy atom. The van der Waals surface area contributed by atoms with Gasteiger partial charge in [-0.3, -0.25) is 19.2 Å². The maximum absolute atomic E-state index is 16.7. The third-order valence-electron chi connectivity index (χ3n) is 11.6. The van der Waals surface area contributed by atoms with E-state index in [4.69, 9.17) is 9.15 Å². The van der Waals surface area contributed by atoms with Crippen molar-refractivity contribution in [3.63, 3.8) is 0 Å². The Kier molecular flexibility index (Phi) is 12.1. The number of hydrogen-bond donors (Lipinski definition) is 4. The number of pyridine rings is 1. The van der Waals surface area contributed by atoms with E-state index in [-0.39, 0.29) is 65.9 Å². The summed E-state index contributed by atoms with van der Waals surface area (Å²) in [6, 6.07) is 12.0. The first-order chi connectivity index (χ1) is 28.9. The van der Waals surface area contributed by atoms with Gasteiger partial charge in [0.2, 0.25) is 17.2 Å². The zero-order valence-electron chi connectivity index (χ0n) is 34.7. The summed E-state index contributed by atoms with van der Waals surface area (Å²) in [5, 5.41) is 14.1. The van der Waals surface area contributed by atoms with Gasteiger partial charge >= 0.3 is 0 Å². The molecule has 318 valence electrons. The summed E-state index contributed by atoms with van der Waals surface area (Å²) in [7, 11) is 8.00. The monoisotopic (exact) mass is 823 g/mol. The average molecular weight is 824 g/mol. The number of unbranched alkanes of at least 4 members (excludes halogenated alkanes) is 1. The molecular formula is C44H54FN9O6. The van der Waals surface area contributed by atoms with Gasteiger partial charge < -0.3 is 54.6 Å². The average Bonchev–Trinajstić information content (AvgIpc) is 3.96. The van der Waals surface area contributed by atoms with Crippen LogP contribution in [0, 0.1) is 5.82 Å². The highest BCUT2D eigenvalue weighted by molar-refractivity contribution is 6.07. The third-order valence-corrected chi connectivity index (χ3v) is 11.6. The number of nitrogens with one attached hydrogen (secondary N) is 4. The molecule has 0 unspecified atom stereocenters. The molecule has 2 aromatic heterocycles. The van der Waals surface area contributed by atoms with Crippen LogP contribution in [0.15, 0.2) is 57.9 Å². The number of fused-ring (bicyclic) bond motifs is 5. The minimum absolute atomic E-state index is 0.000932. The van der Waals surface area contributed by atoms with Gasteiger partial charge in [0.15, 0.2) is 17.3 Å². The Bertz CT molecular complexity index is 2500. The van der Waals surface area contributed by atoms with Gasteiger partial charge in [-0.15, -0.1) is 0 Å². The summed E-state index contributed by atoms with van der Waals surface area (Å²) in [5.41, 5.74) is 1.57. The second kappa shape index (κ2) is 17.6. The van der Waals surface area contributed by atoms with Crippen molar-refractivity contribution in [2.24, 2.45) is 0 Å². The summed E-state index contributed by atoms with van der Waals surface area (Å²) >= 11 is 0. The van der Waals surface area contributed by atoms with Gasteiger partial charge in [-0.05, 0) is 85.2 Å². The minimum Gasteiger partial charge on any atom is -0.456 e. The Balaban J connectivity index is 1.07. The number of hydrogen-bond acceptors (Lipinski definition) is 11. The van der Waals surface area contributed by atoms with Crippen LogP contribution in [-0.4, -0.2) is 143 Å². The van der Waals surface area contributed by atoms with E-state index in [2.05, 4.69) is 26.2 Å². The van der Waals surface area contributed by atoms with Crippen molar-refractivity contribution in [3.8, 4) is 17.2 Å². The van der Waals surface area contributed by atoms with E-state index >= 15 is 4.39 Å². The zero-order valence-corrected chi connectivity index (χ0v) is 34.7. The lowest BCUT2D eigenvalue weighted by Gasteiger charge is -2.29. The number of para-hydroxylation sites is 1. The van der Waals surface area contributed by atoms with Crippen LogP contribution in [-0.2, 0) is 9.59 Å². The molecular weight excluding hydrogens is 770 g/mol. The van der Waals surface area contributed by atoms with E-state index in [1.807, 2.05) is 74.4 Å². The van der Waals surface area contributed by atoms with Gasteiger partial charge in [0.25, 0.3) is 5.91 Å². The SMILES string of the molecule is CN(C)CCCCNCC(=O)N[C@@H]1CCN(C(=O)c2cn3c4c(c(N5CC[C@@H](NC(=O)CNCCN(C)C)C5)c(F)cc4c2=O)Oc2cc4c(cc2-3)oc2ccccc24)C1. The molecule has 0 spiro atoms. The van der Waals surface area contributed by atoms with E-state index in [1.54, 1.807) is 9.47 Å². The normalized spacial score (nSPS) is 17.3. The first-order valence-electron chi connectivity index (χ1n) is 20.8.